The normalized spacial score (nSPS) is 18.7. The van der Waals surface area contributed by atoms with E-state index in [1.807, 2.05) is 12.1 Å². The molecule has 0 amide bonds. The Balaban J connectivity index is 2.26. The van der Waals surface area contributed by atoms with Crippen LogP contribution in [0.5, 0.6) is 0 Å². The first kappa shape index (κ1) is 10.2. The molecule has 0 aromatic heterocycles. The topological polar surface area (TPSA) is 52.3 Å². The second kappa shape index (κ2) is 4.03. The first-order chi connectivity index (χ1) is 7.20. The maximum atomic E-state index is 11.2. The molecule has 0 saturated carbocycles. The molecule has 3 heteroatoms. The Hall–Kier alpha value is -1.35. The lowest BCUT2D eigenvalue weighted by atomic mass is 10.0. The van der Waals surface area contributed by atoms with Gasteiger partial charge in [-0.05, 0) is 29.5 Å². The molecule has 1 aromatic carbocycles. The summed E-state index contributed by atoms with van der Waals surface area (Å²) in [6.07, 6.45) is 2.15. The fourth-order valence-electron chi connectivity index (χ4n) is 2.15. The monoisotopic (exact) mass is 205 g/mol. The molecule has 0 fully saturated rings. The lowest BCUT2D eigenvalue weighted by Crippen LogP contribution is -2.19. The highest BCUT2D eigenvalue weighted by molar-refractivity contribution is 5.73. The molecule has 0 radical (unpaired) electrons. The summed E-state index contributed by atoms with van der Waals surface area (Å²) >= 11 is 0. The Kier molecular flexibility index (Phi) is 2.73. The average Bonchev–Trinajstić information content (AvgIpc) is 2.59. The van der Waals surface area contributed by atoms with Crippen LogP contribution in [0, 0.1) is 0 Å². The van der Waals surface area contributed by atoms with Crippen LogP contribution < -0.4 is 5.73 Å². The molecule has 2 N–H and O–H groups in total. The minimum atomic E-state index is -0.191. The van der Waals surface area contributed by atoms with Crippen molar-refractivity contribution in [2.24, 2.45) is 5.73 Å². The summed E-state index contributed by atoms with van der Waals surface area (Å²) in [6.45, 7) is 0. The summed E-state index contributed by atoms with van der Waals surface area (Å²) in [5.41, 5.74) is 9.49. The second-order valence-electron chi connectivity index (χ2n) is 3.98. The Bertz CT molecular complexity index is 387. The fraction of sp³-hybridized carbons (Fsp3) is 0.417. The standard InChI is InChI=1S/C12H15NO2/c1-15-12(14)6-9-4-2-3-8-5-10(13)7-11(8)9/h2-4,10H,5-7,13H2,1H3. The third-order valence-electron chi connectivity index (χ3n) is 2.88. The van der Waals surface area contributed by atoms with Crippen molar-refractivity contribution in [3.8, 4) is 0 Å². The van der Waals surface area contributed by atoms with Crippen LogP contribution in [0.3, 0.4) is 0 Å². The van der Waals surface area contributed by atoms with E-state index < -0.39 is 0 Å². The van der Waals surface area contributed by atoms with Gasteiger partial charge in [-0.1, -0.05) is 18.2 Å². The second-order valence-corrected chi connectivity index (χ2v) is 3.98. The van der Waals surface area contributed by atoms with Gasteiger partial charge in [-0.15, -0.1) is 0 Å². The van der Waals surface area contributed by atoms with Crippen LogP contribution in [-0.2, 0) is 28.8 Å². The molecule has 1 atom stereocenters. The van der Waals surface area contributed by atoms with Crippen molar-refractivity contribution < 1.29 is 9.53 Å². The zero-order valence-electron chi connectivity index (χ0n) is 8.82. The number of benzene rings is 1. The van der Waals surface area contributed by atoms with Crippen LogP contribution in [0.25, 0.3) is 0 Å². The van der Waals surface area contributed by atoms with Gasteiger partial charge in [-0.2, -0.15) is 0 Å². The Morgan fingerprint density at radius 1 is 1.53 bits per heavy atom. The molecule has 15 heavy (non-hydrogen) atoms. The van der Waals surface area contributed by atoms with Gasteiger partial charge in [0.2, 0.25) is 0 Å². The number of methoxy groups -OCH3 is 1. The summed E-state index contributed by atoms with van der Waals surface area (Å²) in [6, 6.07) is 6.25. The predicted octanol–water partition coefficient (Wildman–Crippen LogP) is 0.828. The molecule has 80 valence electrons. The number of fused-ring (bicyclic) bond motifs is 1. The van der Waals surface area contributed by atoms with Crippen LogP contribution in [0.1, 0.15) is 16.7 Å². The molecule has 0 aliphatic heterocycles. The van der Waals surface area contributed by atoms with Gasteiger partial charge in [0.1, 0.15) is 0 Å². The minimum Gasteiger partial charge on any atom is -0.469 e. The zero-order chi connectivity index (χ0) is 10.8. The van der Waals surface area contributed by atoms with Gasteiger partial charge in [0.05, 0.1) is 13.5 Å². The van der Waals surface area contributed by atoms with E-state index in [9.17, 15) is 4.79 Å². The van der Waals surface area contributed by atoms with E-state index in [2.05, 4.69) is 10.8 Å². The van der Waals surface area contributed by atoms with Gasteiger partial charge in [0.15, 0.2) is 0 Å². The Morgan fingerprint density at radius 2 is 2.33 bits per heavy atom. The van der Waals surface area contributed by atoms with Gasteiger partial charge < -0.3 is 10.5 Å². The average molecular weight is 205 g/mol. The highest BCUT2D eigenvalue weighted by atomic mass is 16.5. The zero-order valence-corrected chi connectivity index (χ0v) is 8.82. The van der Waals surface area contributed by atoms with E-state index in [0.29, 0.717) is 6.42 Å². The van der Waals surface area contributed by atoms with Crippen LogP contribution in [0.15, 0.2) is 18.2 Å². The highest BCUT2D eigenvalue weighted by Gasteiger charge is 2.21. The molecule has 0 spiro atoms. The molecule has 1 aromatic rings. The third kappa shape index (κ3) is 2.02. The van der Waals surface area contributed by atoms with Crippen LogP contribution in [0.4, 0.5) is 0 Å². The SMILES string of the molecule is COC(=O)Cc1cccc2c1CC(N)C2. The number of carbonyl (C=O) groups is 1. The number of hydrogen-bond acceptors (Lipinski definition) is 3. The van der Waals surface area contributed by atoms with Crippen molar-refractivity contribution in [3.05, 3.63) is 34.9 Å². The summed E-state index contributed by atoms with van der Waals surface area (Å²) in [5.74, 6) is -0.191. The molecule has 1 aliphatic carbocycles. The van der Waals surface area contributed by atoms with Crippen molar-refractivity contribution >= 4 is 5.97 Å². The summed E-state index contributed by atoms with van der Waals surface area (Å²) in [7, 11) is 1.41. The van der Waals surface area contributed by atoms with Crippen LogP contribution in [-0.4, -0.2) is 19.1 Å². The smallest absolute Gasteiger partial charge is 0.309 e. The van der Waals surface area contributed by atoms with E-state index in [1.165, 1.54) is 18.2 Å². The molecule has 3 nitrogen and oxygen atoms in total. The molecule has 1 unspecified atom stereocenters. The van der Waals surface area contributed by atoms with Gasteiger partial charge in [-0.3, -0.25) is 4.79 Å². The van der Waals surface area contributed by atoms with Crippen molar-refractivity contribution in [3.63, 3.8) is 0 Å². The van der Waals surface area contributed by atoms with Crippen molar-refractivity contribution in [2.75, 3.05) is 7.11 Å². The molecular formula is C12H15NO2. The number of nitrogens with two attached hydrogens (primary N) is 1. The molecule has 1 aliphatic rings. The van der Waals surface area contributed by atoms with E-state index in [1.54, 1.807) is 0 Å². The minimum absolute atomic E-state index is 0.191. The third-order valence-corrected chi connectivity index (χ3v) is 2.88. The lowest BCUT2D eigenvalue weighted by Gasteiger charge is -2.06. The maximum Gasteiger partial charge on any atom is 0.309 e. The van der Waals surface area contributed by atoms with E-state index >= 15 is 0 Å². The molecule has 2 rings (SSSR count). The van der Waals surface area contributed by atoms with E-state index in [0.717, 1.165) is 18.4 Å². The Labute approximate surface area is 89.2 Å². The summed E-state index contributed by atoms with van der Waals surface area (Å²) in [5, 5.41) is 0. The van der Waals surface area contributed by atoms with Crippen molar-refractivity contribution in [1.29, 1.82) is 0 Å². The van der Waals surface area contributed by atoms with Crippen molar-refractivity contribution in [1.82, 2.24) is 0 Å². The number of carbonyl (C=O) groups excluding carboxylic acids is 1. The van der Waals surface area contributed by atoms with Crippen LogP contribution >= 0.6 is 0 Å². The maximum absolute atomic E-state index is 11.2. The van der Waals surface area contributed by atoms with Crippen LogP contribution in [0.2, 0.25) is 0 Å². The summed E-state index contributed by atoms with van der Waals surface area (Å²) < 4.78 is 4.67. The summed E-state index contributed by atoms with van der Waals surface area (Å²) in [4.78, 5) is 11.2. The predicted molar refractivity (Wildman–Crippen MR) is 57.5 cm³/mol. The first-order valence-corrected chi connectivity index (χ1v) is 5.12. The van der Waals surface area contributed by atoms with Crippen molar-refractivity contribution in [2.45, 2.75) is 25.3 Å². The van der Waals surface area contributed by atoms with E-state index in [4.69, 9.17) is 5.73 Å². The van der Waals surface area contributed by atoms with Gasteiger partial charge in [0.25, 0.3) is 0 Å². The van der Waals surface area contributed by atoms with Gasteiger partial charge >= 0.3 is 5.97 Å². The van der Waals surface area contributed by atoms with Gasteiger partial charge in [0, 0.05) is 6.04 Å². The quantitative estimate of drug-likeness (QED) is 0.727. The molecule has 0 heterocycles. The number of ether oxygens (including phenoxy) is 1. The first-order valence-electron chi connectivity index (χ1n) is 5.12. The van der Waals surface area contributed by atoms with E-state index in [-0.39, 0.29) is 12.0 Å². The number of rotatable bonds is 2. The number of hydrogen-bond donors (Lipinski definition) is 1. The van der Waals surface area contributed by atoms with Gasteiger partial charge in [-0.25, -0.2) is 0 Å². The molecule has 0 bridgehead atoms. The Morgan fingerprint density at radius 3 is 3.07 bits per heavy atom. The lowest BCUT2D eigenvalue weighted by molar-refractivity contribution is -0.139. The highest BCUT2D eigenvalue weighted by Crippen LogP contribution is 2.25. The fourth-order valence-corrected chi connectivity index (χ4v) is 2.15. The largest absolute Gasteiger partial charge is 0.469 e. The molecular weight excluding hydrogens is 190 g/mol. The number of esters is 1. The molecule has 0 saturated heterocycles.